The molecule has 0 saturated heterocycles. The number of esters is 1. The zero-order chi connectivity index (χ0) is 18.2. The molecule has 0 aromatic heterocycles. The molecule has 2 rings (SSSR count). The van der Waals surface area contributed by atoms with Crippen LogP contribution in [0.1, 0.15) is 6.92 Å². The number of carbonyl (C=O) groups excluding carboxylic acids is 2. The summed E-state index contributed by atoms with van der Waals surface area (Å²) in [5, 5.41) is 0. The van der Waals surface area contributed by atoms with Crippen LogP contribution in [0.5, 0.6) is 5.75 Å². The van der Waals surface area contributed by atoms with E-state index in [0.29, 0.717) is 15.9 Å². The molecule has 2 aromatic carbocycles. The highest BCUT2D eigenvalue weighted by Gasteiger charge is 2.20. The Morgan fingerprint density at radius 2 is 1.88 bits per heavy atom. The van der Waals surface area contributed by atoms with Gasteiger partial charge in [-0.2, -0.15) is 0 Å². The normalized spacial score (nSPS) is 10.2. The molecule has 0 heterocycles. The van der Waals surface area contributed by atoms with Gasteiger partial charge in [-0.1, -0.05) is 18.2 Å². The number of hydrogen-bond donors (Lipinski definition) is 0. The number of carbonyl (C=O) groups is 2. The molecular formula is C18H17BrFNO4. The zero-order valence-corrected chi connectivity index (χ0v) is 15.2. The van der Waals surface area contributed by atoms with Crippen molar-refractivity contribution in [1.82, 2.24) is 0 Å². The largest absolute Gasteiger partial charge is 0.483 e. The Hall–Kier alpha value is -2.41. The second-order valence-corrected chi connectivity index (χ2v) is 5.84. The van der Waals surface area contributed by atoms with Crippen molar-refractivity contribution in [2.24, 2.45) is 0 Å². The molecule has 0 saturated carbocycles. The van der Waals surface area contributed by atoms with E-state index in [2.05, 4.69) is 15.9 Å². The molecule has 0 fully saturated rings. The average molecular weight is 410 g/mol. The van der Waals surface area contributed by atoms with Crippen LogP contribution < -0.4 is 9.64 Å². The molecule has 2 aromatic rings. The maximum atomic E-state index is 13.1. The number of rotatable bonds is 7. The van der Waals surface area contributed by atoms with Crippen LogP contribution in [0.15, 0.2) is 53.0 Å². The third-order valence-electron chi connectivity index (χ3n) is 3.21. The van der Waals surface area contributed by atoms with Crippen molar-refractivity contribution >= 4 is 33.5 Å². The first-order valence-corrected chi connectivity index (χ1v) is 8.39. The van der Waals surface area contributed by atoms with Gasteiger partial charge in [-0.25, -0.2) is 4.39 Å². The minimum Gasteiger partial charge on any atom is -0.483 e. The average Bonchev–Trinajstić information content (AvgIpc) is 2.59. The third kappa shape index (κ3) is 5.56. The first-order chi connectivity index (χ1) is 12.0. The lowest BCUT2D eigenvalue weighted by molar-refractivity contribution is -0.142. The van der Waals surface area contributed by atoms with Crippen LogP contribution in [-0.2, 0) is 14.3 Å². The second-order valence-electron chi connectivity index (χ2n) is 4.98. The smallest absolute Gasteiger partial charge is 0.326 e. The summed E-state index contributed by atoms with van der Waals surface area (Å²) < 4.78 is 23.9. The quantitative estimate of drug-likeness (QED) is 0.656. The van der Waals surface area contributed by atoms with Crippen LogP contribution in [0, 0.1) is 5.82 Å². The summed E-state index contributed by atoms with van der Waals surface area (Å²) in [7, 11) is 0. The number of halogens is 2. The Morgan fingerprint density at radius 3 is 2.52 bits per heavy atom. The van der Waals surface area contributed by atoms with E-state index in [1.54, 1.807) is 31.2 Å². The standard InChI is InChI=1S/C18H17BrFNO4/c1-2-24-18(23)11-21(14-6-4-3-5-7-14)17(22)12-25-16-9-8-13(20)10-15(16)19/h3-10H,2,11-12H2,1H3. The van der Waals surface area contributed by atoms with Crippen molar-refractivity contribution in [3.05, 3.63) is 58.8 Å². The Labute approximate surface area is 153 Å². The Morgan fingerprint density at radius 1 is 1.16 bits per heavy atom. The van der Waals surface area contributed by atoms with Crippen LogP contribution in [0.25, 0.3) is 0 Å². The molecule has 0 bridgehead atoms. The van der Waals surface area contributed by atoms with Gasteiger partial charge in [0.25, 0.3) is 5.91 Å². The third-order valence-corrected chi connectivity index (χ3v) is 3.83. The fraction of sp³-hybridized carbons (Fsp3) is 0.222. The van der Waals surface area contributed by atoms with Crippen molar-refractivity contribution in [3.63, 3.8) is 0 Å². The molecule has 0 aliphatic heterocycles. The minimum atomic E-state index is -0.511. The van der Waals surface area contributed by atoms with E-state index in [9.17, 15) is 14.0 Å². The molecule has 0 aliphatic rings. The zero-order valence-electron chi connectivity index (χ0n) is 13.6. The Bertz CT molecular complexity index is 739. The summed E-state index contributed by atoms with van der Waals surface area (Å²) in [6.45, 7) is 1.40. The van der Waals surface area contributed by atoms with Crippen molar-refractivity contribution in [1.29, 1.82) is 0 Å². The lowest BCUT2D eigenvalue weighted by Crippen LogP contribution is -2.39. The number of anilines is 1. The highest BCUT2D eigenvalue weighted by molar-refractivity contribution is 9.10. The molecule has 132 valence electrons. The highest BCUT2D eigenvalue weighted by atomic mass is 79.9. The van der Waals surface area contributed by atoms with E-state index >= 15 is 0 Å². The summed E-state index contributed by atoms with van der Waals surface area (Å²) in [5.74, 6) is -1.02. The van der Waals surface area contributed by atoms with E-state index < -0.39 is 17.7 Å². The number of ether oxygens (including phenoxy) is 2. The topological polar surface area (TPSA) is 55.8 Å². The lowest BCUT2D eigenvalue weighted by atomic mass is 10.3. The Kier molecular flexibility index (Phi) is 6.94. The number of hydrogen-bond acceptors (Lipinski definition) is 4. The van der Waals surface area contributed by atoms with E-state index in [4.69, 9.17) is 9.47 Å². The number of benzene rings is 2. The predicted octanol–water partition coefficient (Wildman–Crippen LogP) is 3.56. The van der Waals surface area contributed by atoms with Crippen LogP contribution in [0.2, 0.25) is 0 Å². The van der Waals surface area contributed by atoms with E-state index in [0.717, 1.165) is 0 Å². The van der Waals surface area contributed by atoms with Crippen LogP contribution in [-0.4, -0.2) is 31.6 Å². The van der Waals surface area contributed by atoms with Crippen molar-refractivity contribution in [3.8, 4) is 5.75 Å². The molecule has 1 amide bonds. The van der Waals surface area contributed by atoms with Gasteiger partial charge in [0.2, 0.25) is 0 Å². The van der Waals surface area contributed by atoms with Gasteiger partial charge in [0.05, 0.1) is 11.1 Å². The van der Waals surface area contributed by atoms with Crippen LogP contribution >= 0.6 is 15.9 Å². The molecule has 5 nitrogen and oxygen atoms in total. The molecule has 0 N–H and O–H groups in total. The fourth-order valence-corrected chi connectivity index (χ4v) is 2.54. The Balaban J connectivity index is 2.10. The fourth-order valence-electron chi connectivity index (χ4n) is 2.08. The van der Waals surface area contributed by atoms with Crippen LogP contribution in [0.4, 0.5) is 10.1 Å². The highest BCUT2D eigenvalue weighted by Crippen LogP contribution is 2.25. The first-order valence-electron chi connectivity index (χ1n) is 7.60. The van der Waals surface area contributed by atoms with Gasteiger partial charge >= 0.3 is 5.97 Å². The molecule has 0 aliphatic carbocycles. The lowest BCUT2D eigenvalue weighted by Gasteiger charge is -2.22. The monoisotopic (exact) mass is 409 g/mol. The van der Waals surface area contributed by atoms with Gasteiger partial charge in [0, 0.05) is 5.69 Å². The summed E-state index contributed by atoms with van der Waals surface area (Å²) in [5.41, 5.74) is 0.558. The molecule has 0 atom stereocenters. The minimum absolute atomic E-state index is 0.218. The molecule has 0 unspecified atom stereocenters. The predicted molar refractivity (Wildman–Crippen MR) is 95.0 cm³/mol. The van der Waals surface area contributed by atoms with Gasteiger partial charge in [-0.15, -0.1) is 0 Å². The van der Waals surface area contributed by atoms with Gasteiger partial charge in [0.15, 0.2) is 6.61 Å². The summed E-state index contributed by atoms with van der Waals surface area (Å²) in [6, 6.07) is 12.7. The summed E-state index contributed by atoms with van der Waals surface area (Å²) in [4.78, 5) is 25.6. The van der Waals surface area contributed by atoms with Gasteiger partial charge in [-0.05, 0) is 53.2 Å². The maximum absolute atomic E-state index is 13.1. The number of nitrogens with zero attached hydrogens (tertiary/aromatic N) is 1. The molecule has 7 heteroatoms. The van der Waals surface area contributed by atoms with Gasteiger partial charge in [-0.3, -0.25) is 14.5 Å². The first kappa shape index (κ1) is 18.9. The summed E-state index contributed by atoms with van der Waals surface area (Å²) in [6.07, 6.45) is 0. The number of para-hydroxylation sites is 1. The van der Waals surface area contributed by atoms with Gasteiger partial charge in [0.1, 0.15) is 18.1 Å². The van der Waals surface area contributed by atoms with Crippen LogP contribution in [0.3, 0.4) is 0 Å². The molecule has 0 spiro atoms. The SMILES string of the molecule is CCOC(=O)CN(C(=O)COc1ccc(F)cc1Br)c1ccccc1. The number of amides is 1. The second kappa shape index (κ2) is 9.17. The van der Waals surface area contributed by atoms with Crippen molar-refractivity contribution < 1.29 is 23.5 Å². The molecule has 0 radical (unpaired) electrons. The van der Waals surface area contributed by atoms with E-state index in [1.165, 1.54) is 23.1 Å². The van der Waals surface area contributed by atoms with E-state index in [-0.39, 0.29) is 19.8 Å². The summed E-state index contributed by atoms with van der Waals surface area (Å²) >= 11 is 3.18. The van der Waals surface area contributed by atoms with Gasteiger partial charge < -0.3 is 9.47 Å². The maximum Gasteiger partial charge on any atom is 0.326 e. The van der Waals surface area contributed by atoms with E-state index in [1.807, 2.05) is 6.07 Å². The van der Waals surface area contributed by atoms with Crippen molar-refractivity contribution in [2.45, 2.75) is 6.92 Å². The molecular weight excluding hydrogens is 393 g/mol. The molecule has 25 heavy (non-hydrogen) atoms. The van der Waals surface area contributed by atoms with Crippen molar-refractivity contribution in [2.75, 3.05) is 24.7 Å².